The summed E-state index contributed by atoms with van der Waals surface area (Å²) >= 11 is 0. The van der Waals surface area contributed by atoms with E-state index in [1.165, 1.54) is 0 Å². The number of carbonyl (C=O) groups is 1. The summed E-state index contributed by atoms with van der Waals surface area (Å²) in [5.74, 6) is -1.03. The number of carboxylic acid groups (broad SMARTS) is 1. The van der Waals surface area contributed by atoms with E-state index in [0.29, 0.717) is 19.4 Å². The second kappa shape index (κ2) is 7.76. The topological polar surface area (TPSA) is 83.5 Å². The minimum Gasteiger partial charge on any atom is -0.481 e. The van der Waals surface area contributed by atoms with Crippen LogP contribution in [0.25, 0.3) is 0 Å². The minimum atomic E-state index is -0.762. The Labute approximate surface area is 85.1 Å². The first kappa shape index (κ1) is 13.4. The van der Waals surface area contributed by atoms with Crippen LogP contribution in [0, 0.1) is 11.8 Å². The molecule has 0 heterocycles. The van der Waals surface area contributed by atoms with Crippen LogP contribution in [0.3, 0.4) is 0 Å². The summed E-state index contributed by atoms with van der Waals surface area (Å²) in [5, 5.41) is 17.7. The number of hydrogen-bond donors (Lipinski definition) is 3. The van der Waals surface area contributed by atoms with Crippen LogP contribution in [-0.2, 0) is 4.79 Å². The second-order valence-electron chi connectivity index (χ2n) is 3.84. The smallest absolute Gasteiger partial charge is 0.306 e. The molecule has 0 radical (unpaired) electrons. The zero-order chi connectivity index (χ0) is 11.0. The molecule has 0 aliphatic rings. The molecule has 4 heteroatoms. The van der Waals surface area contributed by atoms with E-state index in [-0.39, 0.29) is 18.4 Å². The molecular weight excluding hydrogens is 182 g/mol. The number of aliphatic hydroxyl groups is 1. The summed E-state index contributed by atoms with van der Waals surface area (Å²) in [4.78, 5) is 10.8. The molecule has 0 aromatic heterocycles. The Bertz CT molecular complexity index is 161. The standard InChI is InChI=1S/C10H21NO3/c1-8(7-12)6-9(10(13)14)4-2-3-5-11/h8-9,12H,2-7,11H2,1H3,(H,13,14). The van der Waals surface area contributed by atoms with E-state index in [2.05, 4.69) is 0 Å². The summed E-state index contributed by atoms with van der Waals surface area (Å²) < 4.78 is 0. The van der Waals surface area contributed by atoms with Crippen LogP contribution in [0.15, 0.2) is 0 Å². The summed E-state index contributed by atoms with van der Waals surface area (Å²) in [5.41, 5.74) is 5.33. The van der Waals surface area contributed by atoms with Gasteiger partial charge in [-0.2, -0.15) is 0 Å². The number of aliphatic carboxylic acids is 1. The van der Waals surface area contributed by atoms with Crippen molar-refractivity contribution in [2.75, 3.05) is 13.2 Å². The number of carboxylic acids is 1. The Morgan fingerprint density at radius 3 is 2.50 bits per heavy atom. The predicted octanol–water partition coefficient (Wildman–Crippen LogP) is 0.835. The molecule has 0 saturated heterocycles. The van der Waals surface area contributed by atoms with Crippen molar-refractivity contribution in [2.45, 2.75) is 32.6 Å². The lowest BCUT2D eigenvalue weighted by molar-refractivity contribution is -0.142. The fourth-order valence-electron chi connectivity index (χ4n) is 1.44. The first-order valence-corrected chi connectivity index (χ1v) is 5.15. The quantitative estimate of drug-likeness (QED) is 0.510. The van der Waals surface area contributed by atoms with Gasteiger partial charge in [-0.1, -0.05) is 13.3 Å². The van der Waals surface area contributed by atoms with Crippen molar-refractivity contribution in [1.82, 2.24) is 0 Å². The van der Waals surface area contributed by atoms with Crippen molar-refractivity contribution < 1.29 is 15.0 Å². The van der Waals surface area contributed by atoms with E-state index in [4.69, 9.17) is 15.9 Å². The molecule has 14 heavy (non-hydrogen) atoms. The lowest BCUT2D eigenvalue weighted by atomic mass is 9.92. The average molecular weight is 203 g/mol. The first-order chi connectivity index (χ1) is 6.61. The average Bonchev–Trinajstić information content (AvgIpc) is 2.16. The van der Waals surface area contributed by atoms with Crippen molar-refractivity contribution in [3.8, 4) is 0 Å². The molecule has 4 N–H and O–H groups in total. The lowest BCUT2D eigenvalue weighted by Gasteiger charge is -2.15. The van der Waals surface area contributed by atoms with E-state index in [1.807, 2.05) is 6.92 Å². The molecule has 0 aromatic rings. The molecule has 2 unspecified atom stereocenters. The number of aliphatic hydroxyl groups excluding tert-OH is 1. The van der Waals surface area contributed by atoms with Gasteiger partial charge >= 0.3 is 5.97 Å². The Morgan fingerprint density at radius 1 is 1.43 bits per heavy atom. The van der Waals surface area contributed by atoms with Crippen LogP contribution in [0.1, 0.15) is 32.6 Å². The van der Waals surface area contributed by atoms with Gasteiger partial charge in [0.2, 0.25) is 0 Å². The molecule has 0 saturated carbocycles. The molecule has 0 aromatic carbocycles. The zero-order valence-electron chi connectivity index (χ0n) is 8.78. The van der Waals surface area contributed by atoms with Crippen LogP contribution < -0.4 is 5.73 Å². The number of nitrogens with two attached hydrogens (primary N) is 1. The highest BCUT2D eigenvalue weighted by Crippen LogP contribution is 2.18. The van der Waals surface area contributed by atoms with Gasteiger partial charge in [0.05, 0.1) is 5.92 Å². The zero-order valence-corrected chi connectivity index (χ0v) is 8.78. The molecule has 0 spiro atoms. The summed E-state index contributed by atoms with van der Waals surface area (Å²) in [6.45, 7) is 2.53. The van der Waals surface area contributed by atoms with Crippen LogP contribution in [0.2, 0.25) is 0 Å². The Morgan fingerprint density at radius 2 is 2.07 bits per heavy atom. The van der Waals surface area contributed by atoms with Gasteiger partial charge in [-0.25, -0.2) is 0 Å². The van der Waals surface area contributed by atoms with Crippen molar-refractivity contribution in [3.63, 3.8) is 0 Å². The third kappa shape index (κ3) is 5.94. The molecule has 0 aliphatic heterocycles. The van der Waals surface area contributed by atoms with E-state index in [0.717, 1.165) is 12.8 Å². The molecule has 4 nitrogen and oxygen atoms in total. The molecule has 0 aliphatic carbocycles. The Kier molecular flexibility index (Phi) is 7.42. The van der Waals surface area contributed by atoms with Crippen LogP contribution in [0.4, 0.5) is 0 Å². The van der Waals surface area contributed by atoms with Gasteiger partial charge in [0.1, 0.15) is 0 Å². The molecular formula is C10H21NO3. The molecule has 2 atom stereocenters. The SMILES string of the molecule is CC(CO)CC(CCCCN)C(=O)O. The minimum absolute atomic E-state index is 0.0562. The third-order valence-electron chi connectivity index (χ3n) is 2.35. The maximum Gasteiger partial charge on any atom is 0.306 e. The highest BCUT2D eigenvalue weighted by Gasteiger charge is 2.19. The second-order valence-corrected chi connectivity index (χ2v) is 3.84. The van der Waals surface area contributed by atoms with E-state index in [1.54, 1.807) is 0 Å². The van der Waals surface area contributed by atoms with E-state index in [9.17, 15) is 4.79 Å². The van der Waals surface area contributed by atoms with Crippen LogP contribution in [0.5, 0.6) is 0 Å². The molecule has 0 bridgehead atoms. The van der Waals surface area contributed by atoms with Gasteiger partial charge in [0.15, 0.2) is 0 Å². The lowest BCUT2D eigenvalue weighted by Crippen LogP contribution is -2.18. The number of unbranched alkanes of at least 4 members (excludes halogenated alkanes) is 1. The van der Waals surface area contributed by atoms with E-state index < -0.39 is 5.97 Å². The fraction of sp³-hybridized carbons (Fsp3) is 0.900. The fourth-order valence-corrected chi connectivity index (χ4v) is 1.44. The summed E-state index contributed by atoms with van der Waals surface area (Å²) in [7, 11) is 0. The van der Waals surface area contributed by atoms with Crippen LogP contribution >= 0.6 is 0 Å². The predicted molar refractivity (Wildman–Crippen MR) is 54.9 cm³/mol. The monoisotopic (exact) mass is 203 g/mol. The third-order valence-corrected chi connectivity index (χ3v) is 2.35. The van der Waals surface area contributed by atoms with Crippen molar-refractivity contribution in [2.24, 2.45) is 17.6 Å². The van der Waals surface area contributed by atoms with Gasteiger partial charge < -0.3 is 15.9 Å². The van der Waals surface area contributed by atoms with Gasteiger partial charge in [-0.15, -0.1) is 0 Å². The van der Waals surface area contributed by atoms with Gasteiger partial charge in [0, 0.05) is 6.61 Å². The van der Waals surface area contributed by atoms with Crippen molar-refractivity contribution in [3.05, 3.63) is 0 Å². The van der Waals surface area contributed by atoms with Gasteiger partial charge in [-0.3, -0.25) is 4.79 Å². The molecule has 0 amide bonds. The molecule has 0 fully saturated rings. The van der Waals surface area contributed by atoms with Gasteiger partial charge in [-0.05, 0) is 31.7 Å². The number of rotatable bonds is 8. The van der Waals surface area contributed by atoms with Crippen molar-refractivity contribution >= 4 is 5.97 Å². The first-order valence-electron chi connectivity index (χ1n) is 5.15. The molecule has 84 valence electrons. The highest BCUT2D eigenvalue weighted by atomic mass is 16.4. The normalized spacial score (nSPS) is 15.1. The number of hydrogen-bond acceptors (Lipinski definition) is 3. The van der Waals surface area contributed by atoms with Crippen LogP contribution in [-0.4, -0.2) is 29.3 Å². The Balaban J connectivity index is 3.84. The maximum atomic E-state index is 10.8. The van der Waals surface area contributed by atoms with E-state index >= 15 is 0 Å². The molecule has 0 rings (SSSR count). The summed E-state index contributed by atoms with van der Waals surface area (Å²) in [6.07, 6.45) is 2.94. The Hall–Kier alpha value is -0.610. The van der Waals surface area contributed by atoms with Crippen molar-refractivity contribution in [1.29, 1.82) is 0 Å². The summed E-state index contributed by atoms with van der Waals surface area (Å²) in [6, 6.07) is 0. The highest BCUT2D eigenvalue weighted by molar-refractivity contribution is 5.69. The maximum absolute atomic E-state index is 10.8. The van der Waals surface area contributed by atoms with Gasteiger partial charge in [0.25, 0.3) is 0 Å². The largest absolute Gasteiger partial charge is 0.481 e.